The van der Waals surface area contributed by atoms with Crippen LogP contribution < -0.4 is 30.3 Å². The van der Waals surface area contributed by atoms with Crippen LogP contribution in [0.1, 0.15) is 108 Å². The summed E-state index contributed by atoms with van der Waals surface area (Å²) in [7, 11) is 3.18. The number of anilines is 2. The number of carboxylic acids is 1. The van der Waals surface area contributed by atoms with Gasteiger partial charge in [0.05, 0.1) is 366 Å². The summed E-state index contributed by atoms with van der Waals surface area (Å²) in [5.41, 5.74) is 8.03. The lowest BCUT2D eigenvalue weighted by Gasteiger charge is -2.37. The van der Waals surface area contributed by atoms with Gasteiger partial charge in [0, 0.05) is 89.7 Å². The van der Waals surface area contributed by atoms with Gasteiger partial charge in [0.15, 0.2) is 0 Å². The summed E-state index contributed by atoms with van der Waals surface area (Å²) in [4.78, 5) is 122. The van der Waals surface area contributed by atoms with Gasteiger partial charge in [-0.3, -0.25) is 43.4 Å². The van der Waals surface area contributed by atoms with Crippen LogP contribution in [0.2, 0.25) is 0 Å². The van der Waals surface area contributed by atoms with Crippen LogP contribution in [0.3, 0.4) is 0 Å². The molecule has 0 unspecified atom stereocenters. The molecule has 0 bridgehead atoms. The Hall–Kier alpha value is -8.64. The van der Waals surface area contributed by atoms with Gasteiger partial charge in [0.1, 0.15) is 23.1 Å². The predicted molar refractivity (Wildman–Crippen MR) is 526 cm³/mol. The number of carbonyl (C=O) groups is 8. The molecular formula is C100H160N10O35. The van der Waals surface area contributed by atoms with E-state index in [-0.39, 0.29) is 72.6 Å². The van der Waals surface area contributed by atoms with Crippen LogP contribution in [-0.4, -0.2) is 453 Å². The molecule has 2 spiro atoms. The summed E-state index contributed by atoms with van der Waals surface area (Å²) in [6.07, 6.45) is 8.88. The Morgan fingerprint density at radius 2 is 0.566 bits per heavy atom. The first-order valence-electron chi connectivity index (χ1n) is 50.0. The van der Waals surface area contributed by atoms with Crippen molar-refractivity contribution in [3.63, 3.8) is 0 Å². The summed E-state index contributed by atoms with van der Waals surface area (Å²) in [5, 5.41) is 11.8. The van der Waals surface area contributed by atoms with Crippen molar-refractivity contribution in [1.82, 2.24) is 35.1 Å². The smallest absolute Gasteiger partial charge is 0.338 e. The quantitative estimate of drug-likeness (QED) is 0.0407. The Morgan fingerprint density at radius 3 is 0.793 bits per heavy atom. The number of aryl methyl sites for hydroxylation is 2. The molecule has 4 aliphatic rings. The molecule has 4 N–H and O–H groups in total. The molecule has 0 saturated carbocycles. The number of rotatable bonds is 87. The van der Waals surface area contributed by atoms with Crippen molar-refractivity contribution in [1.29, 1.82) is 0 Å². The SMILES string of the molecule is CC(=O)CCOCCOCCOCCOCCOCCOCCOCCOCCOCCOCCOCCOCCN.COc1ccc(C)c(CN2C(=O)CC3(CCN(c4ncc(C(=O)NCCOCCOCCOCCOCCOCCOCCOCCOCCOCCOCCOCCOCCC(C)=O)cn4)CC3)C2=O)c1.COc1ccc(C)c(CN2C(=O)CC3(CCN(c4ncc(C(=O)O)cn4)CC3)C2=O)c1. The zero-order chi connectivity index (χ0) is 104. The molecule has 45 heteroatoms. The summed E-state index contributed by atoms with van der Waals surface area (Å²) < 4.78 is 141. The maximum Gasteiger partial charge on any atom is 0.338 e. The Labute approximate surface area is 852 Å². The number of carboxylic acid groups (broad SMARTS) is 1. The fourth-order valence-electron chi connectivity index (χ4n) is 14.4. The van der Waals surface area contributed by atoms with Crippen LogP contribution in [-0.2, 0) is 156 Å². The number of Topliss-reactive ketones (excluding diaryl/α,β-unsaturated/α-hetero) is 2. The number of ketones is 2. The number of hydrogen-bond acceptors (Lipinski definition) is 41. The van der Waals surface area contributed by atoms with Gasteiger partial charge in [-0.1, -0.05) is 12.1 Å². The number of nitrogens with one attached hydrogen (secondary N) is 1. The molecular weight excluding hydrogens is 1900 g/mol. The van der Waals surface area contributed by atoms with Crippen LogP contribution >= 0.6 is 0 Å². The van der Waals surface area contributed by atoms with E-state index in [1.54, 1.807) is 28.1 Å². The molecule has 0 radical (unpaired) electrons. The van der Waals surface area contributed by atoms with Crippen molar-refractivity contribution in [2.45, 2.75) is 92.2 Å². The Bertz CT molecular complexity index is 4110. The maximum atomic E-state index is 13.6. The number of amides is 5. The first kappa shape index (κ1) is 125. The second-order valence-corrected chi connectivity index (χ2v) is 33.5. The van der Waals surface area contributed by atoms with Crippen molar-refractivity contribution in [2.75, 3.05) is 380 Å². The standard InChI is InChI=1S/C50H79N5O17.C28H57NO13.C22H24N4O5/c1-41-4-5-45(60-3)36-43(41)40-55-46(57)37-50(48(55)59)7-10-54(11-8-50)49-52-38-44(39-53-49)47(58)51-9-13-62-15-17-64-19-21-66-23-25-68-27-29-70-31-33-72-35-34-71-32-30-69-28-26-67-24-22-65-20-18-63-16-14-61-12-6-42(2)56;1-28(30)2-4-31-6-8-33-10-12-35-14-16-37-18-20-39-22-24-41-26-27-42-25-23-40-21-19-38-17-15-36-13-11-34-9-7-32-5-3-29;1-14-3-4-17(31-2)9-15(14)13-26-18(27)10-22(20(26)30)5-7-25(8-6-22)21-23-11-16(12-24-21)19(28)29/h4-5,36,38-39H,6-35,37,40H2,1-3H3,(H,51,58);2-27,29H2,1H3;3-4,9,11-12H,5-8,10,13H2,1-2H3,(H,28,29). The highest BCUT2D eigenvalue weighted by Gasteiger charge is 2.54. The Balaban J connectivity index is 0.000000369. The molecule has 45 nitrogen and oxygen atoms in total. The molecule has 4 fully saturated rings. The number of nitrogens with zero attached hydrogens (tertiary/aromatic N) is 8. The molecule has 4 saturated heterocycles. The van der Waals surface area contributed by atoms with Crippen LogP contribution in [0.5, 0.6) is 11.5 Å². The first-order valence-corrected chi connectivity index (χ1v) is 50.0. The van der Waals surface area contributed by atoms with E-state index in [0.29, 0.717) is 424 Å². The minimum absolute atomic E-state index is 0.0253. The lowest BCUT2D eigenvalue weighted by Crippen LogP contribution is -2.45. The topological polar surface area (TPSA) is 499 Å². The minimum atomic E-state index is -1.08. The molecule has 0 atom stereocenters. The molecule has 6 heterocycles. The van der Waals surface area contributed by atoms with E-state index in [9.17, 15) is 38.4 Å². The van der Waals surface area contributed by atoms with E-state index < -0.39 is 16.8 Å². The molecule has 5 amide bonds. The Kier molecular flexibility index (Phi) is 69.3. The average molecular weight is 2060 g/mol. The second kappa shape index (κ2) is 80.4. The van der Waals surface area contributed by atoms with E-state index in [0.717, 1.165) is 22.3 Å². The number of aromatic carboxylic acids is 1. The van der Waals surface area contributed by atoms with Gasteiger partial charge in [-0.25, -0.2) is 24.7 Å². The maximum absolute atomic E-state index is 13.6. The van der Waals surface area contributed by atoms with E-state index in [4.69, 9.17) is 134 Å². The van der Waals surface area contributed by atoms with Gasteiger partial charge >= 0.3 is 5.97 Å². The molecule has 0 aliphatic carbocycles. The lowest BCUT2D eigenvalue weighted by atomic mass is 9.77. The van der Waals surface area contributed by atoms with Gasteiger partial charge in [0.2, 0.25) is 35.5 Å². The van der Waals surface area contributed by atoms with Crippen LogP contribution in [0, 0.1) is 24.7 Å². The van der Waals surface area contributed by atoms with Gasteiger partial charge in [-0.15, -0.1) is 0 Å². The first-order chi connectivity index (χ1) is 70.8. The molecule has 2 aromatic heterocycles. The normalized spacial score (nSPS) is 14.4. The number of aromatic nitrogens is 4. The molecule has 2 aromatic carbocycles. The van der Waals surface area contributed by atoms with Crippen molar-refractivity contribution in [2.24, 2.45) is 16.6 Å². The number of methoxy groups -OCH3 is 2. The molecule has 145 heavy (non-hydrogen) atoms. The van der Waals surface area contributed by atoms with Gasteiger partial charge in [-0.05, 0) is 99.9 Å². The van der Waals surface area contributed by atoms with Gasteiger partial charge in [0.25, 0.3) is 5.91 Å². The zero-order valence-electron chi connectivity index (χ0n) is 86.0. The summed E-state index contributed by atoms with van der Waals surface area (Å²) in [5.74, 6) is 0.585. The number of carbonyl (C=O) groups excluding carboxylic acids is 7. The third kappa shape index (κ3) is 55.5. The highest BCUT2D eigenvalue weighted by molar-refractivity contribution is 6.07. The van der Waals surface area contributed by atoms with Crippen LogP contribution in [0.15, 0.2) is 61.2 Å². The molecule has 4 aromatic rings. The van der Waals surface area contributed by atoms with Crippen LogP contribution in [0.4, 0.5) is 11.9 Å². The fraction of sp³-hybridized carbons (Fsp3) is 0.720. The number of hydrogen-bond donors (Lipinski definition) is 3. The van der Waals surface area contributed by atoms with E-state index in [1.165, 1.54) is 34.6 Å². The van der Waals surface area contributed by atoms with Gasteiger partial charge in [-0.2, -0.15) is 0 Å². The van der Waals surface area contributed by atoms with Crippen molar-refractivity contribution in [3.05, 3.63) is 94.6 Å². The van der Waals surface area contributed by atoms with Gasteiger partial charge < -0.3 is 149 Å². The number of imide groups is 2. The minimum Gasteiger partial charge on any atom is -0.497 e. The molecule has 820 valence electrons. The monoisotopic (exact) mass is 2060 g/mol. The Morgan fingerprint density at radius 1 is 0.338 bits per heavy atom. The predicted octanol–water partition coefficient (Wildman–Crippen LogP) is 4.41. The van der Waals surface area contributed by atoms with Crippen molar-refractivity contribution in [3.8, 4) is 11.5 Å². The number of likely N-dealkylation sites (tertiary alicyclic amines) is 2. The highest BCUT2D eigenvalue weighted by Crippen LogP contribution is 2.45. The largest absolute Gasteiger partial charge is 0.497 e. The number of piperidine rings is 2. The second-order valence-electron chi connectivity index (χ2n) is 33.5. The average Bonchev–Trinajstić information content (AvgIpc) is 1.61. The number of benzene rings is 2. The third-order valence-electron chi connectivity index (χ3n) is 22.7. The van der Waals surface area contributed by atoms with E-state index in [2.05, 4.69) is 25.3 Å². The highest BCUT2D eigenvalue weighted by atomic mass is 16.6. The van der Waals surface area contributed by atoms with E-state index in [1.807, 2.05) is 60.0 Å². The van der Waals surface area contributed by atoms with Crippen molar-refractivity contribution >= 4 is 59.0 Å². The summed E-state index contributed by atoms with van der Waals surface area (Å²) in [6, 6.07) is 11.3. The summed E-state index contributed by atoms with van der Waals surface area (Å²) in [6.45, 7) is 33.5. The fourth-order valence-corrected chi connectivity index (χ4v) is 14.4. The number of ether oxygens (including phenoxy) is 26. The molecule has 8 rings (SSSR count). The number of nitrogens with two attached hydrogens (primary N) is 1. The van der Waals surface area contributed by atoms with E-state index >= 15 is 0 Å². The summed E-state index contributed by atoms with van der Waals surface area (Å²) >= 11 is 0. The molecule has 4 aliphatic heterocycles. The zero-order valence-corrected chi connectivity index (χ0v) is 86.0. The van der Waals surface area contributed by atoms with Crippen molar-refractivity contribution < 1.29 is 167 Å². The lowest BCUT2D eigenvalue weighted by molar-refractivity contribution is -0.144. The third-order valence-corrected chi connectivity index (χ3v) is 22.7. The van der Waals surface area contributed by atoms with Crippen LogP contribution in [0.25, 0.3) is 0 Å².